The van der Waals surface area contributed by atoms with Crippen LogP contribution in [0.5, 0.6) is 0 Å². The van der Waals surface area contributed by atoms with E-state index in [4.69, 9.17) is 0 Å². The Labute approximate surface area is 120 Å². The van der Waals surface area contributed by atoms with Gasteiger partial charge in [-0.15, -0.1) is 0 Å². The number of aryl methyl sites for hydroxylation is 2. The zero-order chi connectivity index (χ0) is 14.0. The largest absolute Gasteiger partial charge is 0.388 e. The minimum atomic E-state index is -0.677. The number of benzene rings is 1. The van der Waals surface area contributed by atoms with E-state index < -0.39 is 5.60 Å². The van der Waals surface area contributed by atoms with E-state index in [1.165, 1.54) is 24.0 Å². The first kappa shape index (κ1) is 13.6. The maximum absolute atomic E-state index is 12.2. The molecule has 2 aliphatic rings. The summed E-state index contributed by atoms with van der Waals surface area (Å²) in [6, 6.07) is 6.04. The van der Waals surface area contributed by atoms with Crippen LogP contribution >= 0.6 is 0 Å². The minimum Gasteiger partial charge on any atom is -0.388 e. The fraction of sp³-hybridized carbons (Fsp3) is 0.588. The molecule has 2 N–H and O–H groups in total. The van der Waals surface area contributed by atoms with Crippen molar-refractivity contribution < 1.29 is 9.90 Å². The van der Waals surface area contributed by atoms with Crippen LogP contribution in [-0.4, -0.2) is 23.2 Å². The molecule has 1 aromatic carbocycles. The zero-order valence-electron chi connectivity index (χ0n) is 12.0. The van der Waals surface area contributed by atoms with Crippen LogP contribution in [0.4, 0.5) is 0 Å². The van der Waals surface area contributed by atoms with Crippen molar-refractivity contribution in [1.29, 1.82) is 0 Å². The van der Waals surface area contributed by atoms with Crippen LogP contribution in [0.3, 0.4) is 0 Å². The van der Waals surface area contributed by atoms with Gasteiger partial charge >= 0.3 is 0 Å². The fourth-order valence-electron chi connectivity index (χ4n) is 3.43. The lowest BCUT2D eigenvalue weighted by atomic mass is 9.90. The number of hydrogen-bond acceptors (Lipinski definition) is 2. The Hall–Kier alpha value is -1.35. The summed E-state index contributed by atoms with van der Waals surface area (Å²) in [7, 11) is 0. The normalized spacial score (nSPS) is 20.4. The summed E-state index contributed by atoms with van der Waals surface area (Å²) < 4.78 is 0. The molecule has 2 aliphatic carbocycles. The quantitative estimate of drug-likeness (QED) is 0.889. The lowest BCUT2D eigenvalue weighted by molar-refractivity contribution is 0.0449. The molecule has 0 bridgehead atoms. The molecule has 20 heavy (non-hydrogen) atoms. The number of hydrogen-bond donors (Lipinski definition) is 2. The third-order valence-corrected chi connectivity index (χ3v) is 4.72. The van der Waals surface area contributed by atoms with Crippen LogP contribution in [0.25, 0.3) is 0 Å². The molecular weight excluding hydrogens is 250 g/mol. The molecule has 108 valence electrons. The molecule has 0 unspecified atom stereocenters. The summed E-state index contributed by atoms with van der Waals surface area (Å²) >= 11 is 0. The average Bonchev–Trinajstić information content (AvgIpc) is 2.91. The van der Waals surface area contributed by atoms with Crippen molar-refractivity contribution in [3.63, 3.8) is 0 Å². The highest BCUT2D eigenvalue weighted by Gasteiger charge is 2.31. The molecule has 0 saturated heterocycles. The molecular formula is C17H23NO2. The maximum atomic E-state index is 12.2. The second-order valence-corrected chi connectivity index (χ2v) is 6.30. The van der Waals surface area contributed by atoms with Gasteiger partial charge in [-0.05, 0) is 61.8 Å². The van der Waals surface area contributed by atoms with E-state index in [1.54, 1.807) is 0 Å². The third kappa shape index (κ3) is 2.88. The van der Waals surface area contributed by atoms with E-state index >= 15 is 0 Å². The van der Waals surface area contributed by atoms with E-state index in [9.17, 15) is 9.90 Å². The van der Waals surface area contributed by atoms with Crippen LogP contribution < -0.4 is 5.32 Å². The van der Waals surface area contributed by atoms with Gasteiger partial charge in [-0.1, -0.05) is 18.9 Å². The van der Waals surface area contributed by atoms with Crippen LogP contribution in [0.2, 0.25) is 0 Å². The summed E-state index contributed by atoms with van der Waals surface area (Å²) in [5, 5.41) is 13.2. The van der Waals surface area contributed by atoms with E-state index in [2.05, 4.69) is 11.4 Å². The van der Waals surface area contributed by atoms with Gasteiger partial charge in [0.05, 0.1) is 5.60 Å². The van der Waals surface area contributed by atoms with Gasteiger partial charge in [0.25, 0.3) is 5.91 Å². The van der Waals surface area contributed by atoms with Crippen LogP contribution in [-0.2, 0) is 12.8 Å². The number of aliphatic hydroxyl groups is 1. The van der Waals surface area contributed by atoms with Gasteiger partial charge in [-0.25, -0.2) is 0 Å². The first-order valence-corrected chi connectivity index (χ1v) is 7.79. The molecule has 0 aliphatic heterocycles. The molecule has 0 heterocycles. The Balaban J connectivity index is 1.65. The smallest absolute Gasteiger partial charge is 0.251 e. The summed E-state index contributed by atoms with van der Waals surface area (Å²) in [6.45, 7) is 0.378. The number of amides is 1. The minimum absolute atomic E-state index is 0.0568. The van der Waals surface area contributed by atoms with Crippen molar-refractivity contribution in [3.8, 4) is 0 Å². The first-order chi connectivity index (χ1) is 9.66. The van der Waals surface area contributed by atoms with Crippen LogP contribution in [0.1, 0.15) is 60.0 Å². The topological polar surface area (TPSA) is 49.3 Å². The standard InChI is InChI=1S/C17H23NO2/c19-16(18-12-17(20)9-3-4-10-17)15-8-7-13-5-1-2-6-14(13)11-15/h7-8,11,20H,1-6,9-10,12H2,(H,18,19). The second-order valence-electron chi connectivity index (χ2n) is 6.30. The summed E-state index contributed by atoms with van der Waals surface area (Å²) in [4.78, 5) is 12.2. The lowest BCUT2D eigenvalue weighted by Gasteiger charge is -2.22. The van der Waals surface area contributed by atoms with Crippen molar-refractivity contribution in [2.24, 2.45) is 0 Å². The van der Waals surface area contributed by atoms with E-state index in [0.29, 0.717) is 6.54 Å². The molecule has 1 amide bonds. The van der Waals surface area contributed by atoms with Gasteiger partial charge in [0.15, 0.2) is 0 Å². The maximum Gasteiger partial charge on any atom is 0.251 e. The van der Waals surface area contributed by atoms with E-state index in [0.717, 1.165) is 44.1 Å². The van der Waals surface area contributed by atoms with Gasteiger partial charge in [0, 0.05) is 12.1 Å². The lowest BCUT2D eigenvalue weighted by Crippen LogP contribution is -2.40. The molecule has 3 rings (SSSR count). The molecule has 1 fully saturated rings. The van der Waals surface area contributed by atoms with Crippen molar-refractivity contribution in [2.45, 2.75) is 57.0 Å². The number of fused-ring (bicyclic) bond motifs is 1. The average molecular weight is 273 g/mol. The Bertz CT molecular complexity index is 504. The number of carbonyl (C=O) groups excluding carboxylic acids is 1. The van der Waals surface area contributed by atoms with Crippen molar-refractivity contribution in [1.82, 2.24) is 5.32 Å². The van der Waals surface area contributed by atoms with Gasteiger partial charge in [-0.2, -0.15) is 0 Å². The first-order valence-electron chi connectivity index (χ1n) is 7.79. The van der Waals surface area contributed by atoms with Gasteiger partial charge < -0.3 is 10.4 Å². The van der Waals surface area contributed by atoms with E-state index in [1.807, 2.05) is 12.1 Å². The molecule has 1 saturated carbocycles. The molecule has 1 aromatic rings. The monoisotopic (exact) mass is 273 g/mol. The fourth-order valence-corrected chi connectivity index (χ4v) is 3.43. The van der Waals surface area contributed by atoms with Crippen molar-refractivity contribution >= 4 is 5.91 Å². The Morgan fingerprint density at radius 2 is 1.80 bits per heavy atom. The van der Waals surface area contributed by atoms with E-state index in [-0.39, 0.29) is 5.91 Å². The Morgan fingerprint density at radius 1 is 1.10 bits per heavy atom. The molecule has 0 atom stereocenters. The number of carbonyl (C=O) groups is 1. The zero-order valence-corrected chi connectivity index (χ0v) is 12.0. The number of rotatable bonds is 3. The molecule has 0 radical (unpaired) electrons. The summed E-state index contributed by atoms with van der Waals surface area (Å²) in [6.07, 6.45) is 8.42. The molecule has 3 nitrogen and oxygen atoms in total. The molecule has 3 heteroatoms. The van der Waals surface area contributed by atoms with Gasteiger partial charge in [0.2, 0.25) is 0 Å². The SMILES string of the molecule is O=C(NCC1(O)CCCC1)c1ccc2c(c1)CCCC2. The second kappa shape index (κ2) is 5.57. The number of nitrogens with one attached hydrogen (secondary N) is 1. The predicted octanol–water partition coefficient (Wildman–Crippen LogP) is 2.60. The van der Waals surface area contributed by atoms with Crippen molar-refractivity contribution in [2.75, 3.05) is 6.54 Å². The Kier molecular flexibility index (Phi) is 3.79. The highest BCUT2D eigenvalue weighted by molar-refractivity contribution is 5.94. The van der Waals surface area contributed by atoms with Gasteiger partial charge in [-0.3, -0.25) is 4.79 Å². The predicted molar refractivity (Wildman–Crippen MR) is 78.8 cm³/mol. The van der Waals surface area contributed by atoms with Crippen molar-refractivity contribution in [3.05, 3.63) is 34.9 Å². The third-order valence-electron chi connectivity index (χ3n) is 4.72. The molecule has 0 spiro atoms. The van der Waals surface area contributed by atoms with Gasteiger partial charge in [0.1, 0.15) is 0 Å². The Morgan fingerprint density at radius 3 is 2.55 bits per heavy atom. The highest BCUT2D eigenvalue weighted by atomic mass is 16.3. The summed E-state index contributed by atoms with van der Waals surface area (Å²) in [5.41, 5.74) is 2.77. The highest BCUT2D eigenvalue weighted by Crippen LogP contribution is 2.28. The van der Waals surface area contributed by atoms with Crippen LogP contribution in [0.15, 0.2) is 18.2 Å². The molecule has 0 aromatic heterocycles. The van der Waals surface area contributed by atoms with Crippen LogP contribution in [0, 0.1) is 0 Å². The summed E-state index contributed by atoms with van der Waals surface area (Å²) in [5.74, 6) is -0.0568.